The van der Waals surface area contributed by atoms with E-state index in [0.29, 0.717) is 5.02 Å². The first-order valence-electron chi connectivity index (χ1n) is 5.74. The average molecular weight is 384 g/mol. The predicted octanol–water partition coefficient (Wildman–Crippen LogP) is 1.49. The number of aliphatic hydroxyl groups excluding tert-OH is 1. The van der Waals surface area contributed by atoms with Crippen molar-refractivity contribution in [3.63, 3.8) is 0 Å². The maximum atomic E-state index is 11.0. The molecule has 0 unspecified atom stereocenters. The van der Waals surface area contributed by atoms with Crippen molar-refractivity contribution in [1.29, 1.82) is 0 Å². The summed E-state index contributed by atoms with van der Waals surface area (Å²) in [5.74, 6) is 0.766. The zero-order valence-corrected chi connectivity index (χ0v) is 12.7. The first-order valence-corrected chi connectivity index (χ1v) is 8.24. The third-order valence-corrected chi connectivity index (χ3v) is 4.89. The Balaban J connectivity index is 2.21. The number of anilines is 1. The van der Waals surface area contributed by atoms with Gasteiger partial charge in [-0.3, -0.25) is 3.07 Å². The lowest BCUT2D eigenvalue weighted by atomic mass is 10.2. The Hall–Kier alpha value is -0.310. The topological polar surface area (TPSA) is 65.5 Å². The third kappa shape index (κ3) is 3.17. The average Bonchev–Trinajstić information content (AvgIpc) is 2.41. The molecular formula is C11H15ClIN3O2. The number of alkyl halides is 1. The Labute approximate surface area is 121 Å². The van der Waals surface area contributed by atoms with E-state index in [1.54, 1.807) is 12.3 Å². The van der Waals surface area contributed by atoms with Crippen molar-refractivity contribution in [2.45, 2.75) is 3.92 Å². The van der Waals surface area contributed by atoms with Crippen LogP contribution in [0.25, 0.3) is 0 Å². The SMILES string of the molecule is O=I[C@H](CO)c1cnc(N2CCNCC2)c(Cl)c1. The Morgan fingerprint density at radius 2 is 2.28 bits per heavy atom. The number of aliphatic hydroxyl groups is 1. The molecule has 0 spiro atoms. The van der Waals surface area contributed by atoms with Gasteiger partial charge in [-0.15, -0.1) is 0 Å². The van der Waals surface area contributed by atoms with Crippen molar-refractivity contribution >= 4 is 38.6 Å². The number of piperazine rings is 1. The van der Waals surface area contributed by atoms with Crippen LogP contribution in [0.4, 0.5) is 5.82 Å². The van der Waals surface area contributed by atoms with Gasteiger partial charge in [0.15, 0.2) is 21.2 Å². The van der Waals surface area contributed by atoms with Crippen LogP contribution in [0.1, 0.15) is 9.49 Å². The van der Waals surface area contributed by atoms with Gasteiger partial charge in [-0.05, 0) is 11.6 Å². The number of aromatic nitrogens is 1. The van der Waals surface area contributed by atoms with Crippen LogP contribution in [-0.4, -0.2) is 42.9 Å². The highest BCUT2D eigenvalue weighted by molar-refractivity contribution is 14.1. The van der Waals surface area contributed by atoms with Crippen molar-refractivity contribution in [3.05, 3.63) is 22.8 Å². The van der Waals surface area contributed by atoms with Crippen LogP contribution in [0.5, 0.6) is 0 Å². The fourth-order valence-corrected chi connectivity index (χ4v) is 3.00. The summed E-state index contributed by atoms with van der Waals surface area (Å²) in [6, 6.07) is 1.77. The van der Waals surface area contributed by atoms with E-state index < -0.39 is 21.2 Å². The lowest BCUT2D eigenvalue weighted by molar-refractivity contribution is 0.300. The first kappa shape index (κ1) is 14.1. The molecule has 5 nitrogen and oxygen atoms in total. The highest BCUT2D eigenvalue weighted by Gasteiger charge is 2.17. The van der Waals surface area contributed by atoms with E-state index in [1.807, 2.05) is 0 Å². The van der Waals surface area contributed by atoms with Crippen molar-refractivity contribution < 1.29 is 8.18 Å². The minimum absolute atomic E-state index is 0.123. The van der Waals surface area contributed by atoms with Crippen molar-refractivity contribution in [2.24, 2.45) is 0 Å². The van der Waals surface area contributed by atoms with Gasteiger partial charge in [-0.25, -0.2) is 4.98 Å². The molecule has 0 saturated carbocycles. The van der Waals surface area contributed by atoms with Gasteiger partial charge in [-0.2, -0.15) is 0 Å². The molecule has 0 aliphatic carbocycles. The number of hydrogen-bond donors (Lipinski definition) is 2. The quantitative estimate of drug-likeness (QED) is 0.609. The van der Waals surface area contributed by atoms with Crippen LogP contribution >= 0.6 is 32.8 Å². The van der Waals surface area contributed by atoms with Gasteiger partial charge < -0.3 is 15.3 Å². The molecule has 1 aliphatic heterocycles. The largest absolute Gasteiger partial charge is 0.395 e. The molecule has 1 saturated heterocycles. The second-order valence-corrected chi connectivity index (χ2v) is 6.47. The maximum Gasteiger partial charge on any atom is 0.155 e. The standard InChI is InChI=1S/C11H15ClIN3O2/c12-9-5-8(10(7-17)13-18)6-15-11(9)16-3-1-14-2-4-16/h5-6,10,14,17H,1-4,7H2/t10-/m1/s1. The molecule has 1 aliphatic rings. The molecule has 7 heteroatoms. The summed E-state index contributed by atoms with van der Waals surface area (Å²) < 4.78 is 10.7. The monoisotopic (exact) mass is 383 g/mol. The van der Waals surface area contributed by atoms with E-state index in [0.717, 1.165) is 37.6 Å². The summed E-state index contributed by atoms with van der Waals surface area (Å²) in [6.07, 6.45) is 1.67. The van der Waals surface area contributed by atoms with Gasteiger partial charge in [0, 0.05) is 32.4 Å². The zero-order chi connectivity index (χ0) is 13.0. The number of pyridine rings is 1. The number of nitrogens with zero attached hydrogens (tertiary/aromatic N) is 2. The number of halogens is 2. The second kappa shape index (κ2) is 6.74. The summed E-state index contributed by atoms with van der Waals surface area (Å²) >= 11 is 4.93. The number of rotatable bonds is 4. The Morgan fingerprint density at radius 3 is 2.83 bits per heavy atom. The molecule has 1 atom stereocenters. The number of hydrogen-bond acceptors (Lipinski definition) is 5. The molecule has 2 heterocycles. The van der Waals surface area contributed by atoms with Crippen LogP contribution in [0, 0.1) is 0 Å². The van der Waals surface area contributed by atoms with Gasteiger partial charge >= 0.3 is 0 Å². The van der Waals surface area contributed by atoms with Crippen molar-refractivity contribution in [1.82, 2.24) is 10.3 Å². The summed E-state index contributed by atoms with van der Waals surface area (Å²) in [7, 11) is 0. The summed E-state index contributed by atoms with van der Waals surface area (Å²) in [4.78, 5) is 6.48. The Morgan fingerprint density at radius 1 is 1.56 bits per heavy atom. The van der Waals surface area contributed by atoms with Crippen LogP contribution in [0.2, 0.25) is 5.02 Å². The molecule has 100 valence electrons. The molecule has 2 rings (SSSR count). The molecule has 1 fully saturated rings. The normalized spacial score (nSPS) is 17.8. The van der Waals surface area contributed by atoms with Crippen molar-refractivity contribution in [2.75, 3.05) is 37.7 Å². The highest BCUT2D eigenvalue weighted by atomic mass is 127. The fraction of sp³-hybridized carbons (Fsp3) is 0.545. The third-order valence-electron chi connectivity index (χ3n) is 2.89. The first-order chi connectivity index (χ1) is 8.76. The lowest BCUT2D eigenvalue weighted by Gasteiger charge is -2.29. The molecule has 1 aromatic heterocycles. The van der Waals surface area contributed by atoms with E-state index in [2.05, 4.69) is 15.2 Å². The molecular weight excluding hydrogens is 368 g/mol. The van der Waals surface area contributed by atoms with E-state index >= 15 is 0 Å². The van der Waals surface area contributed by atoms with Gasteiger partial charge in [0.05, 0.1) is 15.6 Å². The molecule has 18 heavy (non-hydrogen) atoms. The Kier molecular flexibility index (Phi) is 5.28. The highest BCUT2D eigenvalue weighted by Crippen LogP contribution is 2.31. The molecule has 1 aromatic rings. The lowest BCUT2D eigenvalue weighted by Crippen LogP contribution is -2.44. The van der Waals surface area contributed by atoms with E-state index in [-0.39, 0.29) is 10.5 Å². The van der Waals surface area contributed by atoms with Crippen LogP contribution in [0.15, 0.2) is 12.3 Å². The zero-order valence-electron chi connectivity index (χ0n) is 9.77. The van der Waals surface area contributed by atoms with Crippen LogP contribution < -0.4 is 10.2 Å². The molecule has 2 N–H and O–H groups in total. The maximum absolute atomic E-state index is 11.0. The van der Waals surface area contributed by atoms with Crippen LogP contribution in [0.3, 0.4) is 0 Å². The molecule has 0 radical (unpaired) electrons. The fourth-order valence-electron chi connectivity index (χ4n) is 1.91. The summed E-state index contributed by atoms with van der Waals surface area (Å²) in [6.45, 7) is 3.48. The predicted molar refractivity (Wildman–Crippen MR) is 78.9 cm³/mol. The minimum Gasteiger partial charge on any atom is -0.395 e. The van der Waals surface area contributed by atoms with E-state index in [4.69, 9.17) is 16.7 Å². The van der Waals surface area contributed by atoms with E-state index in [9.17, 15) is 3.07 Å². The Bertz CT molecular complexity index is 427. The van der Waals surface area contributed by atoms with E-state index in [1.165, 1.54) is 0 Å². The van der Waals surface area contributed by atoms with Gasteiger partial charge in [0.25, 0.3) is 0 Å². The van der Waals surface area contributed by atoms with Gasteiger partial charge in [-0.1, -0.05) is 11.6 Å². The minimum atomic E-state index is -1.30. The smallest absolute Gasteiger partial charge is 0.155 e. The summed E-state index contributed by atoms with van der Waals surface area (Å²) in [5, 5.41) is 13.0. The molecule has 0 aromatic carbocycles. The van der Waals surface area contributed by atoms with Crippen molar-refractivity contribution in [3.8, 4) is 0 Å². The second-order valence-electron chi connectivity index (χ2n) is 4.05. The van der Waals surface area contributed by atoms with Gasteiger partial charge in [0.1, 0.15) is 5.82 Å². The van der Waals surface area contributed by atoms with Gasteiger partial charge in [0.2, 0.25) is 0 Å². The number of nitrogens with one attached hydrogen (secondary N) is 1. The molecule has 0 bridgehead atoms. The summed E-state index contributed by atoms with van der Waals surface area (Å²) in [5.41, 5.74) is 0.754. The van der Waals surface area contributed by atoms with Crippen LogP contribution in [-0.2, 0) is 3.07 Å². The molecule has 0 amide bonds.